The van der Waals surface area contributed by atoms with Crippen molar-refractivity contribution in [3.8, 4) is 28.2 Å². The molecule has 232 valence electrons. The van der Waals surface area contributed by atoms with Gasteiger partial charge in [-0.1, -0.05) is 18.2 Å². The van der Waals surface area contributed by atoms with Crippen molar-refractivity contribution in [2.24, 2.45) is 0 Å². The predicted molar refractivity (Wildman–Crippen MR) is 170 cm³/mol. The second kappa shape index (κ2) is 12.6. The van der Waals surface area contributed by atoms with Crippen molar-refractivity contribution in [2.75, 3.05) is 39.6 Å². The Morgan fingerprint density at radius 2 is 1.69 bits per heavy atom. The number of carboxylic acid groups (broad SMARTS) is 1. The highest BCUT2D eigenvalue weighted by molar-refractivity contribution is 7.45. The zero-order valence-electron chi connectivity index (χ0n) is 25.1. The van der Waals surface area contributed by atoms with Gasteiger partial charge < -0.3 is 34.1 Å². The van der Waals surface area contributed by atoms with Gasteiger partial charge in [0.15, 0.2) is 0 Å². The van der Waals surface area contributed by atoms with Crippen LogP contribution < -0.4 is 29.6 Å². The minimum atomic E-state index is -4.90. The summed E-state index contributed by atoms with van der Waals surface area (Å²) in [6.07, 6.45) is 0.416. The molecule has 0 bridgehead atoms. The van der Waals surface area contributed by atoms with E-state index in [0.29, 0.717) is 28.9 Å². The van der Waals surface area contributed by atoms with Gasteiger partial charge in [0.1, 0.15) is 31.2 Å². The number of carboxylic acids is 1. The number of phosphoric ester groups is 1. The monoisotopic (exact) mass is 629 g/mol. The number of benzene rings is 4. The van der Waals surface area contributed by atoms with E-state index in [1.54, 1.807) is 24.3 Å². The Labute approximate surface area is 259 Å². The summed E-state index contributed by atoms with van der Waals surface area (Å²) in [5, 5.41) is 14.8. The first-order valence-electron chi connectivity index (χ1n) is 14.0. The molecule has 0 radical (unpaired) electrons. The van der Waals surface area contributed by atoms with Crippen LogP contribution in [-0.4, -0.2) is 56.6 Å². The smallest absolute Gasteiger partial charge is 0.336 e. The molecule has 1 aliphatic carbocycles. The molecule has 1 heterocycles. The van der Waals surface area contributed by atoms with Crippen molar-refractivity contribution < 1.29 is 38.0 Å². The van der Waals surface area contributed by atoms with Gasteiger partial charge in [-0.05, 0) is 60.0 Å². The molecule has 3 aromatic rings. The van der Waals surface area contributed by atoms with E-state index >= 15 is 0 Å². The van der Waals surface area contributed by atoms with E-state index in [4.69, 9.17) is 9.31 Å². The van der Waals surface area contributed by atoms with Gasteiger partial charge in [0.2, 0.25) is 5.36 Å². The molecule has 0 fully saturated rings. The molecule has 2 aliphatic rings. The zero-order chi connectivity index (χ0) is 32.5. The average molecular weight is 630 g/mol. The molecule has 11 nitrogen and oxygen atoms in total. The second-order valence-corrected chi connectivity index (χ2v) is 12.0. The van der Waals surface area contributed by atoms with Gasteiger partial charge in [-0.2, -0.15) is 0 Å². The number of nitrogens with zero attached hydrogens (tertiary/aromatic N) is 2. The lowest BCUT2D eigenvalue weighted by molar-refractivity contribution is -0.211. The fourth-order valence-corrected chi connectivity index (χ4v) is 5.46. The Balaban J connectivity index is 1.48. The molecule has 0 saturated carbocycles. The minimum absolute atomic E-state index is 0.0278. The van der Waals surface area contributed by atoms with E-state index in [1.165, 1.54) is 18.2 Å². The third kappa shape index (κ3) is 7.07. The standard InChI is InChI=1S/C33H32N3O8P/c1-35(2)22-8-13-26-29(18-22)43-30-19-23(36(3)4)9-14-27(30)31(26)25-12-7-21(17-28(25)33(38)39)32(37)34-16-15-20-5-10-24(11-6-20)44-45(40,41)42/h5-14,17-19H,15-16H2,1-4H3,(H3-,34,37,38,39,40,41,42). The number of amides is 1. The average Bonchev–Trinajstić information content (AvgIpc) is 2.99. The predicted octanol–water partition coefficient (Wildman–Crippen LogP) is 3.81. The first kappa shape index (κ1) is 31.5. The quantitative estimate of drug-likeness (QED) is 0.125. The second-order valence-electron chi connectivity index (χ2n) is 10.9. The van der Waals surface area contributed by atoms with E-state index in [9.17, 15) is 24.2 Å². The maximum atomic E-state index is 13.1. The van der Waals surface area contributed by atoms with Gasteiger partial charge in [-0.15, -0.1) is 0 Å². The van der Waals surface area contributed by atoms with E-state index in [-0.39, 0.29) is 23.4 Å². The number of aromatic carboxylic acids is 1. The minimum Gasteiger partial charge on any atom is -0.746 e. The molecule has 0 spiro atoms. The van der Waals surface area contributed by atoms with E-state index in [2.05, 4.69) is 9.84 Å². The van der Waals surface area contributed by atoms with Crippen LogP contribution in [0.2, 0.25) is 0 Å². The molecule has 3 aromatic carbocycles. The highest BCUT2D eigenvalue weighted by Crippen LogP contribution is 2.42. The van der Waals surface area contributed by atoms with Crippen molar-refractivity contribution in [1.29, 1.82) is 0 Å². The summed E-state index contributed by atoms with van der Waals surface area (Å²) < 4.78 is 23.6. The Hall–Kier alpha value is -4.96. The summed E-state index contributed by atoms with van der Waals surface area (Å²) in [5.74, 6) is -1.06. The highest BCUT2D eigenvalue weighted by atomic mass is 31.2. The number of hydrogen-bond donors (Lipinski definition) is 3. The molecule has 0 aromatic heterocycles. The molecule has 0 saturated heterocycles. The molecule has 3 N–H and O–H groups in total. The first-order valence-corrected chi connectivity index (χ1v) is 15.5. The molecule has 1 unspecified atom stereocenters. The third-order valence-corrected chi connectivity index (χ3v) is 7.79. The lowest BCUT2D eigenvalue weighted by Gasteiger charge is -2.19. The van der Waals surface area contributed by atoms with E-state index in [1.807, 2.05) is 74.1 Å². The largest absolute Gasteiger partial charge is 0.746 e. The fourth-order valence-electron chi connectivity index (χ4n) is 5.07. The Morgan fingerprint density at radius 1 is 0.978 bits per heavy atom. The summed E-state index contributed by atoms with van der Waals surface area (Å²) in [5.41, 5.74) is 4.34. The lowest BCUT2D eigenvalue weighted by atomic mass is 9.89. The fraction of sp³-hybridized carbons (Fsp3) is 0.182. The Morgan fingerprint density at radius 3 is 2.33 bits per heavy atom. The number of anilines is 1. The number of fused-ring (bicyclic) bond motifs is 2. The van der Waals surface area contributed by atoms with Crippen molar-refractivity contribution in [2.45, 2.75) is 6.42 Å². The van der Waals surface area contributed by atoms with E-state index in [0.717, 1.165) is 27.6 Å². The number of nitrogens with one attached hydrogen (secondary N) is 1. The molecule has 5 rings (SSSR count). The van der Waals surface area contributed by atoms with Gasteiger partial charge in [0.25, 0.3) is 5.91 Å². The summed E-state index contributed by atoms with van der Waals surface area (Å²) in [7, 11) is 2.82. The number of rotatable bonds is 9. The number of carbonyl (C=O) groups excluding carboxylic acids is 1. The summed E-state index contributed by atoms with van der Waals surface area (Å²) in [6.45, 7) is 0.237. The number of carbonyl (C=O) groups is 2. The third-order valence-electron chi connectivity index (χ3n) is 7.35. The van der Waals surface area contributed by atoms with Gasteiger partial charge in [-0.3, -0.25) is 9.36 Å². The molecule has 1 atom stereocenters. The number of phosphoric acid groups is 1. The Bertz CT molecular complexity index is 2010. The Kier molecular flexibility index (Phi) is 8.79. The maximum absolute atomic E-state index is 13.1. The van der Waals surface area contributed by atoms with Crippen LogP contribution in [0.4, 0.5) is 5.69 Å². The van der Waals surface area contributed by atoms with Crippen LogP contribution in [0.3, 0.4) is 0 Å². The highest BCUT2D eigenvalue weighted by Gasteiger charge is 2.23. The van der Waals surface area contributed by atoms with Crippen molar-refractivity contribution in [1.82, 2.24) is 9.89 Å². The summed E-state index contributed by atoms with van der Waals surface area (Å²) in [6, 6.07) is 22.2. The lowest BCUT2D eigenvalue weighted by Crippen LogP contribution is -2.26. The van der Waals surface area contributed by atoms with Gasteiger partial charge >= 0.3 is 13.8 Å². The molecular weight excluding hydrogens is 597 g/mol. The zero-order valence-corrected chi connectivity index (χ0v) is 26.0. The van der Waals surface area contributed by atoms with Crippen LogP contribution in [0.15, 0.2) is 83.3 Å². The summed E-state index contributed by atoms with van der Waals surface area (Å²) in [4.78, 5) is 47.3. The van der Waals surface area contributed by atoms with Gasteiger partial charge in [0.05, 0.1) is 11.6 Å². The summed E-state index contributed by atoms with van der Waals surface area (Å²) >= 11 is 0. The van der Waals surface area contributed by atoms with Crippen molar-refractivity contribution >= 4 is 36.4 Å². The van der Waals surface area contributed by atoms with Gasteiger partial charge in [0, 0.05) is 60.5 Å². The van der Waals surface area contributed by atoms with Crippen molar-refractivity contribution in [3.05, 3.63) is 101 Å². The SMILES string of the molecule is CN(C)c1ccc2c(-c3ccc(C(=O)NCCc4ccc(OP(=O)([O-])O)cc4)cc3C(=O)O)c3ccc(=[N+](C)C)cc-3oc2c1. The maximum Gasteiger partial charge on any atom is 0.336 e. The number of hydrogen-bond acceptors (Lipinski definition) is 7. The molecule has 12 heteroatoms. The first-order chi connectivity index (χ1) is 21.3. The van der Waals surface area contributed by atoms with Crippen LogP contribution in [-0.2, 0) is 11.0 Å². The molecule has 1 aliphatic heterocycles. The molecular formula is C33H32N3O8P. The van der Waals surface area contributed by atoms with Crippen LogP contribution in [0.25, 0.3) is 33.4 Å². The van der Waals surface area contributed by atoms with Crippen LogP contribution in [0, 0.1) is 0 Å². The van der Waals surface area contributed by atoms with Crippen LogP contribution >= 0.6 is 7.82 Å². The molecule has 45 heavy (non-hydrogen) atoms. The van der Waals surface area contributed by atoms with Crippen LogP contribution in [0.1, 0.15) is 26.3 Å². The van der Waals surface area contributed by atoms with E-state index < -0.39 is 19.7 Å². The molecule has 1 amide bonds. The normalized spacial score (nSPS) is 12.5. The van der Waals surface area contributed by atoms with Crippen molar-refractivity contribution in [3.63, 3.8) is 0 Å². The van der Waals surface area contributed by atoms with Crippen LogP contribution in [0.5, 0.6) is 5.75 Å². The van der Waals surface area contributed by atoms with Gasteiger partial charge in [-0.25, -0.2) is 9.37 Å². The topological polar surface area (TPSA) is 155 Å².